The summed E-state index contributed by atoms with van der Waals surface area (Å²) in [4.78, 5) is 16.9. The molecule has 0 saturated carbocycles. The summed E-state index contributed by atoms with van der Waals surface area (Å²) in [5.74, 6) is 1.85. The van der Waals surface area contributed by atoms with E-state index in [0.29, 0.717) is 24.3 Å². The molecule has 2 aliphatic rings. The average molecular weight is 430 g/mol. The molecule has 0 aliphatic carbocycles. The van der Waals surface area contributed by atoms with Crippen LogP contribution in [0.2, 0.25) is 0 Å². The number of likely N-dealkylation sites (N-methyl/N-ethyl adjacent to an activating group) is 1. The van der Waals surface area contributed by atoms with Gasteiger partial charge in [0.2, 0.25) is 5.91 Å². The molecule has 0 spiro atoms. The normalized spacial score (nSPS) is 22.4. The number of hydrogen-bond donors (Lipinski definition) is 1. The zero-order valence-corrected chi connectivity index (χ0v) is 18.4. The summed E-state index contributed by atoms with van der Waals surface area (Å²) in [7, 11) is 3.64. The third-order valence-electron chi connectivity index (χ3n) is 5.62. The van der Waals surface area contributed by atoms with Gasteiger partial charge in [-0.3, -0.25) is 9.69 Å². The van der Waals surface area contributed by atoms with Gasteiger partial charge in [0, 0.05) is 45.2 Å². The van der Waals surface area contributed by atoms with E-state index in [4.69, 9.17) is 4.74 Å². The van der Waals surface area contributed by atoms with Gasteiger partial charge < -0.3 is 15.0 Å². The van der Waals surface area contributed by atoms with Crippen molar-refractivity contribution in [3.8, 4) is 5.75 Å². The number of methoxy groups -OCH3 is 1. The van der Waals surface area contributed by atoms with Crippen molar-refractivity contribution in [2.45, 2.75) is 25.3 Å². The lowest BCUT2D eigenvalue weighted by Crippen LogP contribution is -2.57. The van der Waals surface area contributed by atoms with Gasteiger partial charge in [-0.25, -0.2) is 0 Å². The lowest BCUT2D eigenvalue weighted by Gasteiger charge is -2.47. The van der Waals surface area contributed by atoms with E-state index >= 15 is 0 Å². The van der Waals surface area contributed by atoms with Crippen molar-refractivity contribution in [3.63, 3.8) is 0 Å². The smallest absolute Gasteiger partial charge is 0.222 e. The molecule has 158 valence electrons. The maximum atomic E-state index is 12.3. The van der Waals surface area contributed by atoms with E-state index < -0.39 is 0 Å². The Bertz CT molecular complexity index is 625. The Morgan fingerprint density at radius 1 is 1.21 bits per heavy atom. The van der Waals surface area contributed by atoms with Crippen LogP contribution in [0.5, 0.6) is 5.75 Å². The number of rotatable bonds is 7. The van der Waals surface area contributed by atoms with E-state index in [0.717, 1.165) is 51.3 Å². The number of amides is 1. The van der Waals surface area contributed by atoms with Crippen LogP contribution in [0.1, 0.15) is 24.8 Å². The highest BCUT2D eigenvalue weighted by Crippen LogP contribution is 2.31. The van der Waals surface area contributed by atoms with Gasteiger partial charge in [0.1, 0.15) is 5.75 Å². The minimum absolute atomic E-state index is 0. The molecule has 2 heterocycles. The third-order valence-corrected chi connectivity index (χ3v) is 5.62. The van der Waals surface area contributed by atoms with Gasteiger partial charge in [-0.15, -0.1) is 24.8 Å². The maximum Gasteiger partial charge on any atom is 0.222 e. The molecule has 0 unspecified atom stereocenters. The number of nitrogens with one attached hydrogen (secondary N) is 1. The first-order valence-corrected chi connectivity index (χ1v) is 9.68. The highest BCUT2D eigenvalue weighted by atomic mass is 35.5. The second-order valence-electron chi connectivity index (χ2n) is 7.28. The van der Waals surface area contributed by atoms with E-state index in [1.54, 1.807) is 7.11 Å². The van der Waals surface area contributed by atoms with Crippen LogP contribution in [-0.4, -0.2) is 68.6 Å². The molecule has 0 bridgehead atoms. The van der Waals surface area contributed by atoms with Crippen molar-refractivity contribution in [2.75, 3.05) is 46.9 Å². The van der Waals surface area contributed by atoms with E-state index in [2.05, 4.69) is 39.4 Å². The first-order valence-electron chi connectivity index (χ1n) is 9.68. The summed E-state index contributed by atoms with van der Waals surface area (Å²) in [6.07, 6.45) is 7.26. The number of piperidine rings is 2. The SMILES string of the molecule is CNCCN1C(=O)CC[C@H]2CN(C/C=C/c3ccc(OC)cc3)CC[C@H]21.Cl.Cl. The Balaban J connectivity index is 0.00000196. The summed E-state index contributed by atoms with van der Waals surface area (Å²) in [6, 6.07) is 8.57. The molecule has 1 amide bonds. The predicted octanol–water partition coefficient (Wildman–Crippen LogP) is 3.08. The van der Waals surface area contributed by atoms with E-state index in [1.807, 2.05) is 19.2 Å². The zero-order chi connectivity index (χ0) is 18.4. The molecular weight excluding hydrogens is 397 g/mol. The number of likely N-dealkylation sites (tertiary alicyclic amines) is 2. The van der Waals surface area contributed by atoms with Gasteiger partial charge in [0.25, 0.3) is 0 Å². The number of hydrogen-bond acceptors (Lipinski definition) is 4. The van der Waals surface area contributed by atoms with Gasteiger partial charge in [-0.1, -0.05) is 24.3 Å². The second kappa shape index (κ2) is 12.3. The van der Waals surface area contributed by atoms with Crippen molar-refractivity contribution in [2.24, 2.45) is 5.92 Å². The number of halogens is 2. The highest BCUT2D eigenvalue weighted by Gasteiger charge is 2.38. The lowest BCUT2D eigenvalue weighted by molar-refractivity contribution is -0.140. The van der Waals surface area contributed by atoms with E-state index in [1.165, 1.54) is 5.56 Å². The molecule has 1 aromatic rings. The molecule has 7 heteroatoms. The molecule has 1 N–H and O–H groups in total. The zero-order valence-electron chi connectivity index (χ0n) is 16.8. The molecule has 0 aromatic heterocycles. The Labute approximate surface area is 181 Å². The first kappa shape index (κ1) is 24.8. The minimum atomic E-state index is 0. The number of carbonyl (C=O) groups is 1. The Kier molecular flexibility index (Phi) is 10.9. The van der Waals surface area contributed by atoms with Crippen molar-refractivity contribution in [1.82, 2.24) is 15.1 Å². The molecule has 5 nitrogen and oxygen atoms in total. The standard InChI is InChI=1S/C21H31N3O2.2ClH/c1-22-12-15-24-20-11-14-23(16-18(20)7-10-21(24)25)13-3-4-17-5-8-19(26-2)9-6-17;;/h3-6,8-9,18,20,22H,7,10-16H2,1-2H3;2*1H/b4-3+;;/t18-,20+;;/m0../s1. The number of nitrogens with zero attached hydrogens (tertiary/aromatic N) is 2. The largest absolute Gasteiger partial charge is 0.497 e. The monoisotopic (exact) mass is 429 g/mol. The van der Waals surface area contributed by atoms with Crippen LogP contribution in [0.4, 0.5) is 0 Å². The van der Waals surface area contributed by atoms with Crippen LogP contribution in [0.3, 0.4) is 0 Å². The summed E-state index contributed by atoms with van der Waals surface area (Å²) < 4.78 is 5.20. The van der Waals surface area contributed by atoms with Gasteiger partial charge in [0.05, 0.1) is 7.11 Å². The minimum Gasteiger partial charge on any atom is -0.497 e. The number of ether oxygens (including phenoxy) is 1. The van der Waals surface area contributed by atoms with Crippen LogP contribution in [0.15, 0.2) is 30.3 Å². The van der Waals surface area contributed by atoms with Crippen LogP contribution < -0.4 is 10.1 Å². The van der Waals surface area contributed by atoms with Crippen molar-refractivity contribution >= 4 is 36.8 Å². The number of benzene rings is 1. The number of carbonyl (C=O) groups excluding carboxylic acids is 1. The van der Waals surface area contributed by atoms with Gasteiger partial charge in [-0.05, 0) is 43.5 Å². The quantitative estimate of drug-likeness (QED) is 0.722. The highest BCUT2D eigenvalue weighted by molar-refractivity contribution is 5.85. The number of fused-ring (bicyclic) bond motifs is 1. The topological polar surface area (TPSA) is 44.8 Å². The summed E-state index contributed by atoms with van der Waals surface area (Å²) in [5, 5.41) is 3.17. The lowest BCUT2D eigenvalue weighted by atomic mass is 9.83. The predicted molar refractivity (Wildman–Crippen MR) is 120 cm³/mol. The van der Waals surface area contributed by atoms with Crippen molar-refractivity contribution in [1.29, 1.82) is 0 Å². The maximum absolute atomic E-state index is 12.3. The molecule has 1 aromatic carbocycles. The summed E-state index contributed by atoms with van der Waals surface area (Å²) >= 11 is 0. The van der Waals surface area contributed by atoms with Crippen molar-refractivity contribution < 1.29 is 9.53 Å². The van der Waals surface area contributed by atoms with Gasteiger partial charge >= 0.3 is 0 Å². The second-order valence-corrected chi connectivity index (χ2v) is 7.28. The van der Waals surface area contributed by atoms with E-state index in [9.17, 15) is 4.79 Å². The average Bonchev–Trinajstić information content (AvgIpc) is 2.68. The molecule has 2 aliphatic heterocycles. The summed E-state index contributed by atoms with van der Waals surface area (Å²) in [5.41, 5.74) is 1.20. The molecule has 2 atom stereocenters. The van der Waals surface area contributed by atoms with Gasteiger partial charge in [0.15, 0.2) is 0 Å². The van der Waals surface area contributed by atoms with Crippen LogP contribution in [0, 0.1) is 5.92 Å². The molecule has 3 rings (SSSR count). The molecule has 28 heavy (non-hydrogen) atoms. The van der Waals surface area contributed by atoms with E-state index in [-0.39, 0.29) is 24.8 Å². The van der Waals surface area contributed by atoms with Crippen LogP contribution in [-0.2, 0) is 4.79 Å². The Hall–Kier alpha value is -1.27. The van der Waals surface area contributed by atoms with Crippen LogP contribution in [0.25, 0.3) is 6.08 Å². The molecule has 2 fully saturated rings. The fourth-order valence-corrected chi connectivity index (χ4v) is 4.17. The third kappa shape index (κ3) is 6.38. The Morgan fingerprint density at radius 3 is 2.64 bits per heavy atom. The van der Waals surface area contributed by atoms with Crippen LogP contribution >= 0.6 is 24.8 Å². The fourth-order valence-electron chi connectivity index (χ4n) is 4.17. The summed E-state index contributed by atoms with van der Waals surface area (Å²) in [6.45, 7) is 4.86. The first-order chi connectivity index (χ1) is 12.7. The molecular formula is C21H33Cl2N3O2. The van der Waals surface area contributed by atoms with Crippen molar-refractivity contribution in [3.05, 3.63) is 35.9 Å². The van der Waals surface area contributed by atoms with Gasteiger partial charge in [-0.2, -0.15) is 0 Å². The Morgan fingerprint density at radius 2 is 1.96 bits per heavy atom. The molecule has 0 radical (unpaired) electrons. The molecule has 2 saturated heterocycles. The fraction of sp³-hybridized carbons (Fsp3) is 0.571.